The van der Waals surface area contributed by atoms with Crippen molar-refractivity contribution in [3.8, 4) is 17.1 Å². The van der Waals surface area contributed by atoms with Gasteiger partial charge in [0.05, 0.1) is 5.39 Å². The van der Waals surface area contributed by atoms with Crippen LogP contribution < -0.4 is 9.95 Å². The maximum Gasteiger partial charge on any atom is 0.619 e. The summed E-state index contributed by atoms with van der Waals surface area (Å²) < 4.78 is 23.1. The van der Waals surface area contributed by atoms with E-state index >= 15 is 0 Å². The Kier molecular flexibility index (Phi) is 8.00. The van der Waals surface area contributed by atoms with Gasteiger partial charge in [0.15, 0.2) is 5.76 Å². The molecule has 30 heavy (non-hydrogen) atoms. The number of hydrogen-bond donors (Lipinski definition) is 1. The zero-order valence-electron chi connectivity index (χ0n) is 17.4. The first-order chi connectivity index (χ1) is 14.6. The van der Waals surface area contributed by atoms with Gasteiger partial charge in [-0.15, -0.1) is 9.05 Å². The van der Waals surface area contributed by atoms with Gasteiger partial charge in [-0.25, -0.2) is 0 Å². The van der Waals surface area contributed by atoms with Crippen molar-refractivity contribution in [3.05, 3.63) is 64.8 Å². The molecular formula is C23H28O6P+. The molecule has 1 aromatic heterocycles. The van der Waals surface area contributed by atoms with Gasteiger partial charge in [-0.2, -0.15) is 4.89 Å². The van der Waals surface area contributed by atoms with Crippen LogP contribution in [0.2, 0.25) is 0 Å². The smallest absolute Gasteiger partial charge is 0.452 e. The molecule has 3 aromatic rings. The molecule has 0 aliphatic heterocycles. The van der Waals surface area contributed by atoms with Gasteiger partial charge in [-0.05, 0) is 25.0 Å². The van der Waals surface area contributed by atoms with Gasteiger partial charge in [-0.1, -0.05) is 69.2 Å². The highest BCUT2D eigenvalue weighted by Crippen LogP contribution is 2.58. The highest BCUT2D eigenvalue weighted by Gasteiger charge is 2.48. The molecule has 0 bridgehead atoms. The monoisotopic (exact) mass is 431 g/mol. The lowest BCUT2D eigenvalue weighted by Crippen LogP contribution is -2.16. The number of benzene rings is 2. The van der Waals surface area contributed by atoms with Crippen LogP contribution in [0.25, 0.3) is 22.3 Å². The van der Waals surface area contributed by atoms with Crippen molar-refractivity contribution in [2.75, 3.05) is 13.2 Å². The van der Waals surface area contributed by atoms with Crippen LogP contribution in [0.1, 0.15) is 39.5 Å². The first-order valence-electron chi connectivity index (χ1n) is 10.3. The van der Waals surface area contributed by atoms with Crippen molar-refractivity contribution < 1.29 is 22.9 Å². The molecule has 1 N–H and O–H groups in total. The molecule has 160 valence electrons. The van der Waals surface area contributed by atoms with Crippen LogP contribution in [-0.2, 0) is 9.05 Å². The quantitative estimate of drug-likeness (QED) is 0.290. The molecule has 0 radical (unpaired) electrons. The highest BCUT2D eigenvalue weighted by molar-refractivity contribution is 7.55. The van der Waals surface area contributed by atoms with Gasteiger partial charge in [0.1, 0.15) is 18.8 Å². The molecule has 3 rings (SSSR count). The van der Waals surface area contributed by atoms with Gasteiger partial charge >= 0.3 is 8.17 Å². The molecule has 0 atom stereocenters. The topological polar surface area (TPSA) is 78.1 Å². The standard InChI is InChI=1S/C23H28O6P/c1-3-5-16-26-30(25,27-17-6-4-2)29-23-21(24)19-14-10-11-15-20(19)28-22(23)18-12-8-7-9-13-18/h7-15,25H,3-6,16-17H2,1-2H3/q+1. The van der Waals surface area contributed by atoms with E-state index < -0.39 is 8.17 Å². The minimum absolute atomic E-state index is 0.108. The Hall–Kier alpha value is -2.24. The van der Waals surface area contributed by atoms with Crippen molar-refractivity contribution in [2.45, 2.75) is 39.5 Å². The molecule has 0 saturated heterocycles. The van der Waals surface area contributed by atoms with Crippen molar-refractivity contribution >= 4 is 19.1 Å². The van der Waals surface area contributed by atoms with E-state index in [-0.39, 0.29) is 30.2 Å². The maximum absolute atomic E-state index is 13.3. The van der Waals surface area contributed by atoms with Crippen molar-refractivity contribution in [3.63, 3.8) is 0 Å². The predicted octanol–water partition coefficient (Wildman–Crippen LogP) is 6.14. The number of rotatable bonds is 11. The number of unbranched alkanes of at least 4 members (excludes halogenated alkanes) is 2. The molecule has 6 nitrogen and oxygen atoms in total. The van der Waals surface area contributed by atoms with E-state index in [1.807, 2.05) is 44.2 Å². The predicted molar refractivity (Wildman–Crippen MR) is 119 cm³/mol. The van der Waals surface area contributed by atoms with E-state index in [4.69, 9.17) is 18.0 Å². The van der Waals surface area contributed by atoms with Crippen LogP contribution in [0, 0.1) is 0 Å². The zero-order chi connectivity index (χ0) is 21.4. The van der Waals surface area contributed by atoms with E-state index in [2.05, 4.69) is 0 Å². The van der Waals surface area contributed by atoms with Crippen LogP contribution in [0.3, 0.4) is 0 Å². The largest absolute Gasteiger partial charge is 0.619 e. The Morgan fingerprint density at radius 1 is 0.900 bits per heavy atom. The first-order valence-corrected chi connectivity index (χ1v) is 11.8. The summed E-state index contributed by atoms with van der Waals surface area (Å²) in [5.41, 5.74) is 0.714. The van der Waals surface area contributed by atoms with E-state index in [9.17, 15) is 9.69 Å². The van der Waals surface area contributed by atoms with Crippen molar-refractivity contribution in [1.29, 1.82) is 0 Å². The highest BCUT2D eigenvalue weighted by atomic mass is 31.2. The summed E-state index contributed by atoms with van der Waals surface area (Å²) in [5.74, 6) is 0.125. The third-order valence-electron chi connectivity index (χ3n) is 4.50. The summed E-state index contributed by atoms with van der Waals surface area (Å²) >= 11 is 0. The molecule has 2 aromatic carbocycles. The average Bonchev–Trinajstić information content (AvgIpc) is 2.77. The van der Waals surface area contributed by atoms with Crippen molar-refractivity contribution in [2.24, 2.45) is 0 Å². The Labute approximate surface area is 177 Å². The van der Waals surface area contributed by atoms with E-state index in [0.29, 0.717) is 16.5 Å². The second kappa shape index (κ2) is 10.7. The van der Waals surface area contributed by atoms with Crippen LogP contribution in [-0.4, -0.2) is 18.1 Å². The fourth-order valence-corrected chi connectivity index (χ4v) is 4.14. The second-order valence-electron chi connectivity index (χ2n) is 6.89. The second-order valence-corrected chi connectivity index (χ2v) is 8.52. The molecule has 0 aliphatic rings. The van der Waals surface area contributed by atoms with Crippen LogP contribution in [0.15, 0.2) is 63.8 Å². The number of para-hydroxylation sites is 1. The third-order valence-corrected chi connectivity index (χ3v) is 5.93. The molecule has 1 heterocycles. The molecule has 0 amide bonds. The van der Waals surface area contributed by atoms with E-state index in [0.717, 1.165) is 25.7 Å². The number of fused-ring (bicyclic) bond motifs is 1. The van der Waals surface area contributed by atoms with Gasteiger partial charge in [0.25, 0.3) is 5.75 Å². The van der Waals surface area contributed by atoms with E-state index in [1.54, 1.807) is 24.3 Å². The summed E-state index contributed by atoms with van der Waals surface area (Å²) in [6.45, 7) is 4.58. The fourth-order valence-electron chi connectivity index (χ4n) is 2.84. The minimum atomic E-state index is -3.76. The minimum Gasteiger partial charge on any atom is -0.452 e. The lowest BCUT2D eigenvalue weighted by molar-refractivity contribution is 0.119. The zero-order valence-corrected chi connectivity index (χ0v) is 18.3. The molecule has 0 spiro atoms. The Morgan fingerprint density at radius 3 is 2.13 bits per heavy atom. The fraction of sp³-hybridized carbons (Fsp3) is 0.348. The van der Waals surface area contributed by atoms with Gasteiger partial charge in [0, 0.05) is 5.56 Å². The Balaban J connectivity index is 2.07. The SMILES string of the molecule is CCCCO[P+](O)(OCCCC)Oc1c(-c2ccccc2)oc2ccccc2c1=O. The average molecular weight is 431 g/mol. The summed E-state index contributed by atoms with van der Waals surface area (Å²) in [5, 5.41) is 0.362. The normalized spacial score (nSPS) is 11.7. The summed E-state index contributed by atoms with van der Waals surface area (Å²) in [4.78, 5) is 24.3. The maximum atomic E-state index is 13.3. The molecule has 7 heteroatoms. The Morgan fingerprint density at radius 2 is 1.50 bits per heavy atom. The van der Waals surface area contributed by atoms with Crippen LogP contribution >= 0.6 is 8.17 Å². The van der Waals surface area contributed by atoms with E-state index in [1.165, 1.54) is 0 Å². The van der Waals surface area contributed by atoms with Gasteiger partial charge in [-0.3, -0.25) is 9.32 Å². The molecule has 0 fully saturated rings. The summed E-state index contributed by atoms with van der Waals surface area (Å²) in [6, 6.07) is 16.1. The van der Waals surface area contributed by atoms with Crippen molar-refractivity contribution in [1.82, 2.24) is 0 Å². The molecule has 0 aliphatic carbocycles. The molecular weight excluding hydrogens is 403 g/mol. The van der Waals surface area contributed by atoms with Gasteiger partial charge in [0.2, 0.25) is 5.43 Å². The van der Waals surface area contributed by atoms with Crippen LogP contribution in [0.5, 0.6) is 5.75 Å². The molecule has 0 unspecified atom stereocenters. The van der Waals surface area contributed by atoms with Gasteiger partial charge < -0.3 is 4.42 Å². The summed E-state index contributed by atoms with van der Waals surface area (Å²) in [6.07, 6.45) is 3.26. The summed E-state index contributed by atoms with van der Waals surface area (Å²) in [7, 11) is -3.76. The first kappa shape index (κ1) is 22.4. The number of hydrogen-bond acceptors (Lipinski definition) is 6. The Bertz CT molecular complexity index is 991. The lowest BCUT2D eigenvalue weighted by Gasteiger charge is -2.16. The lowest BCUT2D eigenvalue weighted by atomic mass is 10.1. The third kappa shape index (κ3) is 5.46. The molecule has 0 saturated carbocycles. The van der Waals surface area contributed by atoms with Crippen LogP contribution in [0.4, 0.5) is 0 Å².